The molecular formula is C59H101N3O14. The largest absolute Gasteiger partial charge is 0.462 e. The maximum atomic E-state index is 13.6. The van der Waals surface area contributed by atoms with Crippen LogP contribution >= 0.6 is 0 Å². The van der Waals surface area contributed by atoms with Gasteiger partial charge in [0, 0.05) is 84.1 Å². The molecule has 0 saturated carbocycles. The lowest BCUT2D eigenvalue weighted by Crippen LogP contribution is -2.44. The minimum atomic E-state index is -0.973. The van der Waals surface area contributed by atoms with E-state index in [2.05, 4.69) is 19.9 Å². The van der Waals surface area contributed by atoms with Crippen molar-refractivity contribution in [3.05, 3.63) is 60.4 Å². The molecule has 0 aromatic heterocycles. The number of carbonyl (C=O) groups is 5. The van der Waals surface area contributed by atoms with Gasteiger partial charge in [-0.05, 0) is 104 Å². The van der Waals surface area contributed by atoms with Gasteiger partial charge in [-0.15, -0.1) is 0 Å². The molecule has 0 fully saturated rings. The minimum Gasteiger partial charge on any atom is -0.462 e. The van der Waals surface area contributed by atoms with E-state index in [-0.39, 0.29) is 55.3 Å². The highest BCUT2D eigenvalue weighted by atomic mass is 16.6. The molecule has 1 aliphatic heterocycles. The fourth-order valence-electron chi connectivity index (χ4n) is 9.39. The molecule has 0 spiro atoms. The number of esters is 4. The van der Waals surface area contributed by atoms with Crippen LogP contribution in [0.1, 0.15) is 121 Å². The Morgan fingerprint density at radius 2 is 1.54 bits per heavy atom. The summed E-state index contributed by atoms with van der Waals surface area (Å²) in [7, 11) is 13.6. The fraction of sp³-hybridized carbons (Fsp3) is 0.746. The normalized spacial score (nSPS) is 28.6. The van der Waals surface area contributed by atoms with Crippen molar-refractivity contribution >= 4 is 30.3 Å². The Morgan fingerprint density at radius 3 is 2.12 bits per heavy atom. The molecule has 76 heavy (non-hydrogen) atoms. The number of aliphatic hydroxyl groups excluding tert-OH is 2. The van der Waals surface area contributed by atoms with E-state index in [9.17, 15) is 34.2 Å². The lowest BCUT2D eigenvalue weighted by atomic mass is 9.82. The third kappa shape index (κ3) is 25.1. The first-order valence-electron chi connectivity index (χ1n) is 27.3. The van der Waals surface area contributed by atoms with Gasteiger partial charge in [-0.25, -0.2) is 4.79 Å². The highest BCUT2D eigenvalue weighted by molar-refractivity contribution is 5.82. The quantitative estimate of drug-likeness (QED) is 0.0435. The predicted octanol–water partition coefficient (Wildman–Crippen LogP) is 7.74. The van der Waals surface area contributed by atoms with Gasteiger partial charge in [-0.1, -0.05) is 91.0 Å². The molecule has 0 unspecified atom stereocenters. The van der Waals surface area contributed by atoms with Crippen LogP contribution in [-0.2, 0) is 57.1 Å². The van der Waals surface area contributed by atoms with E-state index >= 15 is 0 Å². The second-order valence-electron chi connectivity index (χ2n) is 21.9. The maximum absolute atomic E-state index is 13.6. The van der Waals surface area contributed by atoms with Gasteiger partial charge in [-0.3, -0.25) is 29.0 Å². The summed E-state index contributed by atoms with van der Waals surface area (Å²) in [4.78, 5) is 69.3. The molecular weight excluding hydrogens is 975 g/mol. The SMILES string of the molecule is COC[C@@H](C(=O)O[C@@H]1C/C=C/C=C/C(=O)O[C@H]([C@@H](C)[C@@H](O)[C@@H](C)CC[C@@H](OC(=O)[C@@H](C)N(C)C)[C@H](C)[C@H](OC(C)=O)[C@H](C)/C=C/N(C)C=O)C/C=C/[C@H](OC)C[C@H](C)C/C=C(\C)[C@@H](OC)CC[C@@H](C)[C@@H](O)[C@@H]1C)N(C)C. The highest BCUT2D eigenvalue weighted by Gasteiger charge is 2.38. The number of hydrogen-bond acceptors (Lipinski definition) is 16. The Bertz CT molecular complexity index is 1870. The van der Waals surface area contributed by atoms with Gasteiger partial charge in [0.1, 0.15) is 36.5 Å². The van der Waals surface area contributed by atoms with Gasteiger partial charge in [-0.2, -0.15) is 0 Å². The van der Waals surface area contributed by atoms with Crippen molar-refractivity contribution in [1.82, 2.24) is 14.7 Å². The topological polar surface area (TPSA) is 200 Å². The molecule has 17 atom stereocenters. The molecule has 1 amide bonds. The lowest BCUT2D eigenvalue weighted by molar-refractivity contribution is -0.166. The molecule has 17 heteroatoms. The van der Waals surface area contributed by atoms with E-state index < -0.39 is 90.3 Å². The van der Waals surface area contributed by atoms with Gasteiger partial charge >= 0.3 is 23.9 Å². The zero-order valence-electron chi connectivity index (χ0n) is 49.6. The first kappa shape index (κ1) is 69.8. The number of aliphatic hydroxyl groups is 2. The van der Waals surface area contributed by atoms with Crippen LogP contribution in [0.2, 0.25) is 0 Å². The summed E-state index contributed by atoms with van der Waals surface area (Å²) in [5.41, 5.74) is 1.10. The number of hydrogen-bond donors (Lipinski definition) is 2. The highest BCUT2D eigenvalue weighted by Crippen LogP contribution is 2.32. The molecule has 2 N–H and O–H groups in total. The van der Waals surface area contributed by atoms with Crippen molar-refractivity contribution < 1.29 is 67.3 Å². The van der Waals surface area contributed by atoms with Crippen molar-refractivity contribution in [2.75, 3.05) is 63.2 Å². The third-order valence-corrected chi connectivity index (χ3v) is 15.2. The second-order valence-corrected chi connectivity index (χ2v) is 21.9. The zero-order chi connectivity index (χ0) is 57.8. The van der Waals surface area contributed by atoms with Crippen molar-refractivity contribution in [2.45, 2.75) is 182 Å². The van der Waals surface area contributed by atoms with Gasteiger partial charge in [0.05, 0.1) is 31.0 Å². The number of cyclic esters (lactones) is 1. The number of methoxy groups -OCH3 is 3. The van der Waals surface area contributed by atoms with Crippen molar-refractivity contribution in [1.29, 1.82) is 0 Å². The van der Waals surface area contributed by atoms with E-state index in [1.807, 2.05) is 53.7 Å². The monoisotopic (exact) mass is 1080 g/mol. The van der Waals surface area contributed by atoms with Crippen molar-refractivity contribution in [3.63, 3.8) is 0 Å². The molecule has 0 aliphatic carbocycles. The van der Waals surface area contributed by atoms with E-state index in [0.29, 0.717) is 32.1 Å². The van der Waals surface area contributed by atoms with Gasteiger partial charge in [0.15, 0.2) is 0 Å². The number of amides is 1. The second kappa shape index (κ2) is 36.8. The Kier molecular flexibility index (Phi) is 33.8. The Hall–Kier alpha value is -4.23. The van der Waals surface area contributed by atoms with Crippen LogP contribution in [0, 0.1) is 41.4 Å². The summed E-state index contributed by atoms with van der Waals surface area (Å²) in [5.74, 6) is -4.21. The minimum absolute atomic E-state index is 0.129. The molecule has 0 radical (unpaired) electrons. The van der Waals surface area contributed by atoms with Crippen LogP contribution in [0.25, 0.3) is 0 Å². The summed E-state index contributed by atoms with van der Waals surface area (Å²) >= 11 is 0. The third-order valence-electron chi connectivity index (χ3n) is 15.2. The molecule has 436 valence electrons. The van der Waals surface area contributed by atoms with Gasteiger partial charge < -0.3 is 48.3 Å². The number of allylic oxidation sites excluding steroid dienone is 3. The summed E-state index contributed by atoms with van der Waals surface area (Å²) in [6.45, 7) is 18.8. The maximum Gasteiger partial charge on any atom is 0.331 e. The average molecular weight is 1080 g/mol. The summed E-state index contributed by atoms with van der Waals surface area (Å²) in [5, 5.41) is 23.8. The van der Waals surface area contributed by atoms with Crippen LogP contribution in [0.5, 0.6) is 0 Å². The number of rotatable bonds is 23. The molecule has 0 aromatic carbocycles. The Labute approximate surface area is 457 Å². The molecule has 0 aromatic rings. The van der Waals surface area contributed by atoms with E-state index in [0.717, 1.165) is 18.4 Å². The predicted molar refractivity (Wildman–Crippen MR) is 297 cm³/mol. The van der Waals surface area contributed by atoms with Crippen LogP contribution in [0.4, 0.5) is 0 Å². The average Bonchev–Trinajstić information content (AvgIpc) is 3.38. The fourth-order valence-corrected chi connectivity index (χ4v) is 9.39. The molecule has 0 saturated heterocycles. The first-order chi connectivity index (χ1) is 35.7. The Morgan fingerprint density at radius 1 is 0.868 bits per heavy atom. The Balaban J connectivity index is 3.70. The number of likely N-dealkylation sites (N-methyl/N-ethyl adjacent to an activating group) is 2. The smallest absolute Gasteiger partial charge is 0.331 e. The van der Waals surface area contributed by atoms with E-state index in [1.54, 1.807) is 96.7 Å². The van der Waals surface area contributed by atoms with Crippen LogP contribution in [0.3, 0.4) is 0 Å². The first-order valence-corrected chi connectivity index (χ1v) is 27.3. The van der Waals surface area contributed by atoms with Gasteiger partial charge in [0.25, 0.3) is 0 Å². The number of nitrogens with zero attached hydrogens (tertiary/aromatic N) is 3. The van der Waals surface area contributed by atoms with E-state index in [1.165, 1.54) is 25.0 Å². The zero-order valence-corrected chi connectivity index (χ0v) is 49.6. The van der Waals surface area contributed by atoms with Crippen LogP contribution in [-0.4, -0.2) is 179 Å². The molecule has 1 heterocycles. The number of ether oxygens (including phenoxy) is 7. The van der Waals surface area contributed by atoms with Gasteiger partial charge in [0.2, 0.25) is 6.41 Å². The summed E-state index contributed by atoms with van der Waals surface area (Å²) < 4.78 is 41.5. The summed E-state index contributed by atoms with van der Waals surface area (Å²) in [6.07, 6.45) is 15.5. The molecule has 1 rings (SSSR count). The standard InChI is InChI=1S/C59H101N3O14/c1-38-27-28-39(2)50(72-18)31-29-40(3)56(67)44(7)52(76-59(69)49(36-70-16)61(13)14)24-20-19-21-26-54(65)74-51(25-22-23-48(35-38)71-17)43(6)55(66)41(4)30-32-53(75-58(68)46(9)60(11)12)45(8)57(73-47(10)64)42(5)33-34-62(15)37-63/h19-23,26,28,33-34,37-38,40-46,48-53,55-57,66-67H,24-25,27,29-32,35-36H2,1-18H3/b20-19+,23-22+,26-21+,34-33+,39-28+/t38-,40-,41+,42-,43-,44-,45+,46-,48+,49+,50+,51+,52-,53-,55+,56-,57-/m1/s1. The molecule has 1 aliphatic rings. The van der Waals surface area contributed by atoms with E-state index in [4.69, 9.17) is 33.2 Å². The summed E-state index contributed by atoms with van der Waals surface area (Å²) in [6, 6.07) is -1.23. The lowest BCUT2D eigenvalue weighted by Gasteiger charge is -2.35. The molecule has 17 nitrogen and oxygen atoms in total. The van der Waals surface area contributed by atoms with Crippen LogP contribution in [0.15, 0.2) is 60.4 Å². The van der Waals surface area contributed by atoms with Crippen LogP contribution < -0.4 is 0 Å². The molecule has 0 bridgehead atoms. The van der Waals surface area contributed by atoms with Crippen molar-refractivity contribution in [2.24, 2.45) is 41.4 Å². The van der Waals surface area contributed by atoms with Crippen molar-refractivity contribution in [3.8, 4) is 0 Å². The number of carbonyl (C=O) groups excluding carboxylic acids is 5.